The maximum atomic E-state index is 12.5. The predicted octanol–water partition coefficient (Wildman–Crippen LogP) is 4.72. The normalized spacial score (nSPS) is 16.0. The van der Waals surface area contributed by atoms with Crippen LogP contribution in [0.4, 0.5) is 0 Å². The third-order valence-electron chi connectivity index (χ3n) is 5.68. The van der Waals surface area contributed by atoms with E-state index in [1.807, 2.05) is 36.6 Å². The van der Waals surface area contributed by atoms with E-state index in [9.17, 15) is 4.79 Å². The molecule has 1 unspecified atom stereocenters. The van der Waals surface area contributed by atoms with Crippen LogP contribution in [0.5, 0.6) is 5.75 Å². The molecule has 0 radical (unpaired) electrons. The standard InChI is InChI=1S/C25H29N3O2S/c1-19(25-26-14-18-31-25)27-24(29)21-7-9-22(10-8-21)30-23-12-16-28(17-13-23)15-11-20-5-3-2-4-6-20/h2-10,14,18-19,23H,11-13,15-17H2,1H3,(H,27,29). The lowest BCUT2D eigenvalue weighted by atomic mass is 10.1. The number of aromatic nitrogens is 1. The molecule has 1 saturated heterocycles. The molecule has 162 valence electrons. The van der Waals surface area contributed by atoms with E-state index >= 15 is 0 Å². The molecular weight excluding hydrogens is 406 g/mol. The minimum Gasteiger partial charge on any atom is -0.490 e. The van der Waals surface area contributed by atoms with E-state index in [4.69, 9.17) is 4.74 Å². The average molecular weight is 436 g/mol. The highest BCUT2D eigenvalue weighted by Crippen LogP contribution is 2.21. The number of benzene rings is 2. The fraction of sp³-hybridized carbons (Fsp3) is 0.360. The Morgan fingerprint density at radius 3 is 2.58 bits per heavy atom. The summed E-state index contributed by atoms with van der Waals surface area (Å²) >= 11 is 1.54. The number of rotatable bonds is 8. The number of ether oxygens (including phenoxy) is 1. The van der Waals surface area contributed by atoms with Crippen LogP contribution in [0, 0.1) is 0 Å². The number of thiazole rings is 1. The Balaban J connectivity index is 1.21. The first-order valence-corrected chi connectivity index (χ1v) is 11.8. The van der Waals surface area contributed by atoms with Gasteiger partial charge < -0.3 is 15.0 Å². The molecule has 5 nitrogen and oxygen atoms in total. The van der Waals surface area contributed by atoms with Crippen LogP contribution in [0.3, 0.4) is 0 Å². The number of carbonyl (C=O) groups excluding carboxylic acids is 1. The van der Waals surface area contributed by atoms with Crippen molar-refractivity contribution in [1.82, 2.24) is 15.2 Å². The van der Waals surface area contributed by atoms with Gasteiger partial charge in [-0.1, -0.05) is 30.3 Å². The van der Waals surface area contributed by atoms with Crippen molar-refractivity contribution in [2.75, 3.05) is 19.6 Å². The zero-order valence-corrected chi connectivity index (χ0v) is 18.7. The first-order chi connectivity index (χ1) is 15.2. The van der Waals surface area contributed by atoms with Crippen molar-refractivity contribution in [3.8, 4) is 5.75 Å². The summed E-state index contributed by atoms with van der Waals surface area (Å²) in [7, 11) is 0. The molecule has 31 heavy (non-hydrogen) atoms. The van der Waals surface area contributed by atoms with Crippen LogP contribution in [0.1, 0.15) is 46.7 Å². The summed E-state index contributed by atoms with van der Waals surface area (Å²) in [6.45, 7) is 5.17. The fourth-order valence-electron chi connectivity index (χ4n) is 3.85. The first-order valence-electron chi connectivity index (χ1n) is 10.9. The SMILES string of the molecule is CC(NC(=O)c1ccc(OC2CCN(CCc3ccccc3)CC2)cc1)c1nccs1. The van der Waals surface area contributed by atoms with Gasteiger partial charge in [-0.2, -0.15) is 0 Å². The Bertz CT molecular complexity index is 937. The Morgan fingerprint density at radius 1 is 1.16 bits per heavy atom. The van der Waals surface area contributed by atoms with Crippen molar-refractivity contribution >= 4 is 17.2 Å². The van der Waals surface area contributed by atoms with Gasteiger partial charge in [-0.05, 0) is 56.0 Å². The Hall–Kier alpha value is -2.70. The van der Waals surface area contributed by atoms with Crippen molar-refractivity contribution in [3.05, 3.63) is 82.3 Å². The van der Waals surface area contributed by atoms with E-state index in [1.54, 1.807) is 17.5 Å². The summed E-state index contributed by atoms with van der Waals surface area (Å²) in [5, 5.41) is 5.81. The number of piperidine rings is 1. The zero-order valence-electron chi connectivity index (χ0n) is 17.9. The molecule has 6 heteroatoms. The smallest absolute Gasteiger partial charge is 0.251 e. The predicted molar refractivity (Wildman–Crippen MR) is 125 cm³/mol. The zero-order chi connectivity index (χ0) is 21.5. The van der Waals surface area contributed by atoms with Gasteiger partial charge in [0.1, 0.15) is 16.9 Å². The maximum Gasteiger partial charge on any atom is 0.251 e. The van der Waals surface area contributed by atoms with E-state index in [0.29, 0.717) is 5.56 Å². The van der Waals surface area contributed by atoms with Crippen LogP contribution >= 0.6 is 11.3 Å². The summed E-state index contributed by atoms with van der Waals surface area (Å²) in [6.07, 6.45) is 5.14. The van der Waals surface area contributed by atoms with Gasteiger partial charge in [-0.25, -0.2) is 4.98 Å². The third kappa shape index (κ3) is 6.15. The Kier molecular flexibility index (Phi) is 7.33. The fourth-order valence-corrected chi connectivity index (χ4v) is 4.50. The van der Waals surface area contributed by atoms with Crippen LogP contribution in [-0.2, 0) is 6.42 Å². The van der Waals surface area contributed by atoms with Gasteiger partial charge in [-0.15, -0.1) is 11.3 Å². The molecule has 1 N–H and O–H groups in total. The van der Waals surface area contributed by atoms with Crippen LogP contribution in [0.15, 0.2) is 66.2 Å². The number of nitrogens with zero attached hydrogens (tertiary/aromatic N) is 2. The summed E-state index contributed by atoms with van der Waals surface area (Å²) in [5.41, 5.74) is 2.03. The number of hydrogen-bond donors (Lipinski definition) is 1. The highest BCUT2D eigenvalue weighted by atomic mass is 32.1. The van der Waals surface area contributed by atoms with E-state index in [2.05, 4.69) is 45.5 Å². The van der Waals surface area contributed by atoms with E-state index in [0.717, 1.165) is 49.7 Å². The van der Waals surface area contributed by atoms with Crippen LogP contribution < -0.4 is 10.1 Å². The van der Waals surface area contributed by atoms with Crippen molar-refractivity contribution in [2.24, 2.45) is 0 Å². The molecule has 4 rings (SSSR count). The van der Waals surface area contributed by atoms with Gasteiger partial charge in [0.25, 0.3) is 5.91 Å². The number of amides is 1. The van der Waals surface area contributed by atoms with Gasteiger partial charge in [0, 0.05) is 36.8 Å². The van der Waals surface area contributed by atoms with E-state index in [-0.39, 0.29) is 18.1 Å². The molecule has 0 spiro atoms. The summed E-state index contributed by atoms with van der Waals surface area (Å²) in [4.78, 5) is 19.2. The first kappa shape index (κ1) is 21.5. The van der Waals surface area contributed by atoms with Crippen molar-refractivity contribution in [2.45, 2.75) is 38.3 Å². The van der Waals surface area contributed by atoms with Gasteiger partial charge in [-0.3, -0.25) is 4.79 Å². The number of carbonyl (C=O) groups is 1. The summed E-state index contributed by atoms with van der Waals surface area (Å²) < 4.78 is 6.17. The quantitative estimate of drug-likeness (QED) is 0.556. The molecule has 1 aromatic heterocycles. The molecule has 1 fully saturated rings. The van der Waals surface area contributed by atoms with Crippen LogP contribution in [0.2, 0.25) is 0 Å². The van der Waals surface area contributed by atoms with Crippen molar-refractivity contribution in [3.63, 3.8) is 0 Å². The molecule has 0 saturated carbocycles. The second kappa shape index (κ2) is 10.6. The number of likely N-dealkylation sites (tertiary alicyclic amines) is 1. The van der Waals surface area contributed by atoms with Gasteiger partial charge >= 0.3 is 0 Å². The van der Waals surface area contributed by atoms with Crippen LogP contribution in [-0.4, -0.2) is 41.5 Å². The van der Waals surface area contributed by atoms with Crippen LogP contribution in [0.25, 0.3) is 0 Å². The van der Waals surface area contributed by atoms with E-state index in [1.165, 1.54) is 5.56 Å². The molecule has 1 amide bonds. The average Bonchev–Trinajstić information content (AvgIpc) is 3.35. The van der Waals surface area contributed by atoms with Gasteiger partial charge in [0.2, 0.25) is 0 Å². The largest absolute Gasteiger partial charge is 0.490 e. The Morgan fingerprint density at radius 2 is 1.90 bits per heavy atom. The molecule has 0 aliphatic carbocycles. The molecule has 1 aliphatic heterocycles. The minimum atomic E-state index is -0.101. The molecular formula is C25H29N3O2S. The molecule has 2 heterocycles. The lowest BCUT2D eigenvalue weighted by Gasteiger charge is -2.32. The molecule has 2 aromatic carbocycles. The Labute approximate surface area is 188 Å². The van der Waals surface area contributed by atoms with Crippen molar-refractivity contribution in [1.29, 1.82) is 0 Å². The van der Waals surface area contributed by atoms with Crippen molar-refractivity contribution < 1.29 is 9.53 Å². The van der Waals surface area contributed by atoms with Gasteiger partial charge in [0.05, 0.1) is 6.04 Å². The number of nitrogens with one attached hydrogen (secondary N) is 1. The summed E-state index contributed by atoms with van der Waals surface area (Å²) in [6, 6.07) is 18.0. The monoisotopic (exact) mass is 435 g/mol. The minimum absolute atomic E-state index is 0.0963. The van der Waals surface area contributed by atoms with E-state index < -0.39 is 0 Å². The lowest BCUT2D eigenvalue weighted by Crippen LogP contribution is -2.39. The summed E-state index contributed by atoms with van der Waals surface area (Å²) in [5.74, 6) is 0.730. The molecule has 0 bridgehead atoms. The highest BCUT2D eigenvalue weighted by Gasteiger charge is 2.20. The second-order valence-corrected chi connectivity index (χ2v) is 8.91. The lowest BCUT2D eigenvalue weighted by molar-refractivity contribution is 0.0939. The molecule has 1 aliphatic rings. The third-order valence-corrected chi connectivity index (χ3v) is 6.64. The maximum absolute atomic E-state index is 12.5. The van der Waals surface area contributed by atoms with Gasteiger partial charge in [0.15, 0.2) is 0 Å². The number of hydrogen-bond acceptors (Lipinski definition) is 5. The molecule has 1 atom stereocenters. The topological polar surface area (TPSA) is 54.5 Å². The highest BCUT2D eigenvalue weighted by molar-refractivity contribution is 7.09. The second-order valence-electron chi connectivity index (χ2n) is 7.98. The molecule has 3 aromatic rings.